The van der Waals surface area contributed by atoms with Crippen molar-refractivity contribution in [2.24, 2.45) is 5.92 Å². The number of fused-ring (bicyclic) bond motifs is 3. The Kier molecular flexibility index (Phi) is 5.35. The van der Waals surface area contributed by atoms with Crippen molar-refractivity contribution in [1.29, 1.82) is 0 Å². The maximum atomic E-state index is 10.7. The molecule has 1 saturated carbocycles. The number of aromatic hydroxyl groups is 1. The molecule has 0 spiro atoms. The van der Waals surface area contributed by atoms with Gasteiger partial charge < -0.3 is 19.7 Å². The first-order valence-corrected chi connectivity index (χ1v) is 8.82. The van der Waals surface area contributed by atoms with Crippen molar-refractivity contribution >= 4 is 5.97 Å². The van der Waals surface area contributed by atoms with E-state index in [4.69, 9.17) is 14.6 Å². The average molecular weight is 356 g/mol. The summed E-state index contributed by atoms with van der Waals surface area (Å²) in [5.41, 5.74) is 2.08. The van der Waals surface area contributed by atoms with Gasteiger partial charge in [-0.05, 0) is 62.5 Å². The van der Waals surface area contributed by atoms with Crippen LogP contribution >= 0.6 is 0 Å². The van der Waals surface area contributed by atoms with E-state index < -0.39 is 5.97 Å². The Bertz CT molecular complexity index is 775. The normalized spacial score (nSPS) is 25.5. The van der Waals surface area contributed by atoms with Gasteiger partial charge in [-0.2, -0.15) is 0 Å². The summed E-state index contributed by atoms with van der Waals surface area (Å²) in [6.45, 7) is 1.98. The number of phenolic OH excluding ortho intramolecular Hbond substituents is 1. The Hall–Kier alpha value is -2.69. The van der Waals surface area contributed by atoms with Crippen molar-refractivity contribution in [3.8, 4) is 11.5 Å². The zero-order chi connectivity index (χ0) is 18.7. The van der Waals surface area contributed by atoms with Crippen LogP contribution in [-0.4, -0.2) is 29.4 Å². The highest BCUT2D eigenvalue weighted by atomic mass is 16.5. The number of carboxylic acids is 1. The molecule has 1 heterocycles. The third kappa shape index (κ3) is 3.93. The fourth-order valence-corrected chi connectivity index (χ4v) is 3.95. The number of carbonyl (C=O) groups is 1. The van der Waals surface area contributed by atoms with E-state index in [0.717, 1.165) is 42.2 Å². The summed E-state index contributed by atoms with van der Waals surface area (Å²) in [4.78, 5) is 10.7. The quantitative estimate of drug-likeness (QED) is 0.471. The first-order chi connectivity index (χ1) is 12.5. The van der Waals surface area contributed by atoms with Crippen molar-refractivity contribution in [2.75, 3.05) is 7.11 Å². The van der Waals surface area contributed by atoms with E-state index in [1.807, 2.05) is 25.1 Å². The predicted octanol–water partition coefficient (Wildman–Crippen LogP) is 4.15. The van der Waals surface area contributed by atoms with Crippen molar-refractivity contribution in [3.05, 3.63) is 59.4 Å². The van der Waals surface area contributed by atoms with Gasteiger partial charge in [0.2, 0.25) is 0 Å². The molecule has 0 saturated heterocycles. The second-order valence-electron chi connectivity index (χ2n) is 6.83. The Morgan fingerprint density at radius 2 is 2.12 bits per heavy atom. The van der Waals surface area contributed by atoms with E-state index in [2.05, 4.69) is 6.08 Å². The standard InChI is InChI=1S/C21H24O5/c1-13(11-16(25-2)7-9-20(23)24)10-14-4-3-5-19-21(14)17-12-15(22)6-8-18(17)26-19/h6-12,14,19,21-22H,3-5H2,1-2H3,(H,23,24). The van der Waals surface area contributed by atoms with Crippen LogP contribution in [0.2, 0.25) is 0 Å². The molecule has 2 aliphatic rings. The summed E-state index contributed by atoms with van der Waals surface area (Å²) in [7, 11) is 1.52. The minimum absolute atomic E-state index is 0.146. The number of hydrogen-bond acceptors (Lipinski definition) is 4. The van der Waals surface area contributed by atoms with Crippen LogP contribution in [0.4, 0.5) is 0 Å². The summed E-state index contributed by atoms with van der Waals surface area (Å²) < 4.78 is 11.3. The largest absolute Gasteiger partial charge is 0.508 e. The smallest absolute Gasteiger partial charge is 0.328 e. The molecular weight excluding hydrogens is 332 g/mol. The summed E-state index contributed by atoms with van der Waals surface area (Å²) in [6, 6.07) is 5.32. The van der Waals surface area contributed by atoms with Gasteiger partial charge in [-0.15, -0.1) is 0 Å². The SMILES string of the molecule is COC(C=CC(=O)O)=CC(C)=CC1CCCC2Oc3ccc(O)cc3C12. The van der Waals surface area contributed by atoms with Gasteiger partial charge in [0.1, 0.15) is 23.4 Å². The van der Waals surface area contributed by atoms with E-state index >= 15 is 0 Å². The minimum Gasteiger partial charge on any atom is -0.508 e. The lowest BCUT2D eigenvalue weighted by Gasteiger charge is -2.31. The van der Waals surface area contributed by atoms with Gasteiger partial charge in [0, 0.05) is 17.6 Å². The molecule has 1 aromatic rings. The van der Waals surface area contributed by atoms with Gasteiger partial charge >= 0.3 is 5.97 Å². The van der Waals surface area contributed by atoms with Gasteiger partial charge in [0.05, 0.1) is 7.11 Å². The van der Waals surface area contributed by atoms with Gasteiger partial charge in [0.25, 0.3) is 0 Å². The number of carboxylic acid groups (broad SMARTS) is 1. The van der Waals surface area contributed by atoms with Crippen molar-refractivity contribution in [2.45, 2.75) is 38.2 Å². The molecule has 0 aromatic heterocycles. The van der Waals surface area contributed by atoms with Crippen LogP contribution in [0, 0.1) is 5.92 Å². The Balaban J connectivity index is 1.85. The van der Waals surface area contributed by atoms with E-state index in [1.165, 1.54) is 13.2 Å². The molecular formula is C21H24O5. The van der Waals surface area contributed by atoms with Crippen LogP contribution in [-0.2, 0) is 9.53 Å². The highest BCUT2D eigenvalue weighted by Gasteiger charge is 2.41. The van der Waals surface area contributed by atoms with E-state index in [-0.39, 0.29) is 17.8 Å². The monoisotopic (exact) mass is 356 g/mol. The molecule has 5 heteroatoms. The number of benzene rings is 1. The number of hydrogen-bond donors (Lipinski definition) is 2. The maximum absolute atomic E-state index is 10.7. The zero-order valence-electron chi connectivity index (χ0n) is 15.0. The Labute approximate surface area is 153 Å². The summed E-state index contributed by atoms with van der Waals surface area (Å²) in [6.07, 6.45) is 9.85. The van der Waals surface area contributed by atoms with E-state index in [9.17, 15) is 9.90 Å². The summed E-state index contributed by atoms with van der Waals surface area (Å²) in [5.74, 6) is 1.15. The van der Waals surface area contributed by atoms with Crippen LogP contribution < -0.4 is 4.74 Å². The Morgan fingerprint density at radius 1 is 1.31 bits per heavy atom. The van der Waals surface area contributed by atoms with Gasteiger partial charge in [-0.25, -0.2) is 4.79 Å². The fourth-order valence-electron chi connectivity index (χ4n) is 3.95. The first kappa shape index (κ1) is 18.1. The second-order valence-corrected chi connectivity index (χ2v) is 6.83. The molecule has 0 radical (unpaired) electrons. The van der Waals surface area contributed by atoms with E-state index in [1.54, 1.807) is 6.07 Å². The third-order valence-corrected chi connectivity index (χ3v) is 4.99. The van der Waals surface area contributed by atoms with Crippen LogP contribution in [0.25, 0.3) is 0 Å². The van der Waals surface area contributed by atoms with Crippen molar-refractivity contribution in [1.82, 2.24) is 0 Å². The van der Waals surface area contributed by atoms with Crippen molar-refractivity contribution < 1.29 is 24.5 Å². The van der Waals surface area contributed by atoms with Crippen molar-refractivity contribution in [3.63, 3.8) is 0 Å². The van der Waals surface area contributed by atoms with Crippen LogP contribution in [0.15, 0.2) is 53.8 Å². The fraction of sp³-hybridized carbons (Fsp3) is 0.381. The molecule has 2 N–H and O–H groups in total. The third-order valence-electron chi connectivity index (χ3n) is 4.99. The molecule has 3 rings (SSSR count). The molecule has 3 atom stereocenters. The van der Waals surface area contributed by atoms with Gasteiger partial charge in [0.15, 0.2) is 0 Å². The molecule has 5 nitrogen and oxygen atoms in total. The number of rotatable bonds is 5. The topological polar surface area (TPSA) is 76.0 Å². The summed E-state index contributed by atoms with van der Waals surface area (Å²) in [5, 5.41) is 18.6. The number of allylic oxidation sites excluding steroid dienone is 4. The lowest BCUT2D eigenvalue weighted by atomic mass is 9.74. The van der Waals surface area contributed by atoms with Gasteiger partial charge in [-0.1, -0.05) is 11.6 Å². The zero-order valence-corrected chi connectivity index (χ0v) is 15.0. The molecule has 1 fully saturated rings. The lowest BCUT2D eigenvalue weighted by Crippen LogP contribution is -2.29. The lowest BCUT2D eigenvalue weighted by molar-refractivity contribution is -0.131. The second kappa shape index (κ2) is 7.68. The molecule has 138 valence electrons. The first-order valence-electron chi connectivity index (χ1n) is 8.82. The Morgan fingerprint density at radius 3 is 2.85 bits per heavy atom. The van der Waals surface area contributed by atoms with Crippen LogP contribution in [0.5, 0.6) is 11.5 Å². The highest BCUT2D eigenvalue weighted by molar-refractivity contribution is 5.80. The molecule has 3 unspecified atom stereocenters. The predicted molar refractivity (Wildman–Crippen MR) is 98.2 cm³/mol. The van der Waals surface area contributed by atoms with Gasteiger partial charge in [-0.3, -0.25) is 0 Å². The van der Waals surface area contributed by atoms with Crippen LogP contribution in [0.3, 0.4) is 0 Å². The number of ether oxygens (including phenoxy) is 2. The molecule has 26 heavy (non-hydrogen) atoms. The molecule has 1 aromatic carbocycles. The molecule has 1 aliphatic heterocycles. The van der Waals surface area contributed by atoms with E-state index in [0.29, 0.717) is 11.7 Å². The molecule has 0 bridgehead atoms. The minimum atomic E-state index is -1.01. The summed E-state index contributed by atoms with van der Waals surface area (Å²) >= 11 is 0. The number of aliphatic carboxylic acids is 1. The molecule has 1 aliphatic carbocycles. The maximum Gasteiger partial charge on any atom is 0.328 e. The number of methoxy groups -OCH3 is 1. The highest BCUT2D eigenvalue weighted by Crippen LogP contribution is 2.50. The molecule has 0 amide bonds. The van der Waals surface area contributed by atoms with Crippen LogP contribution in [0.1, 0.15) is 37.7 Å². The average Bonchev–Trinajstić information content (AvgIpc) is 2.97. The number of phenols is 1.